The van der Waals surface area contributed by atoms with Gasteiger partial charge in [-0.15, -0.1) is 0 Å². The number of halogens is 1. The van der Waals surface area contributed by atoms with Crippen LogP contribution in [0.25, 0.3) is 0 Å². The van der Waals surface area contributed by atoms with Gasteiger partial charge in [0.05, 0.1) is 0 Å². The summed E-state index contributed by atoms with van der Waals surface area (Å²) < 4.78 is 13.4. The van der Waals surface area contributed by atoms with E-state index in [1.54, 1.807) is 12.1 Å². The molecule has 0 radical (unpaired) electrons. The Bertz CT molecular complexity index is 417. The maximum atomic E-state index is 13.4. The first-order chi connectivity index (χ1) is 8.54. The van der Waals surface area contributed by atoms with E-state index >= 15 is 0 Å². The first-order valence-electron chi connectivity index (χ1n) is 6.88. The molecular formula is C15H23FN2. The molecule has 2 N–H and O–H groups in total. The number of anilines is 1. The van der Waals surface area contributed by atoms with Crippen molar-refractivity contribution in [1.29, 1.82) is 0 Å². The molecule has 1 saturated heterocycles. The molecule has 0 spiro atoms. The molecule has 18 heavy (non-hydrogen) atoms. The van der Waals surface area contributed by atoms with Gasteiger partial charge in [-0.3, -0.25) is 0 Å². The summed E-state index contributed by atoms with van der Waals surface area (Å²) >= 11 is 0. The molecule has 2 nitrogen and oxygen atoms in total. The number of rotatable bonds is 3. The fourth-order valence-corrected chi connectivity index (χ4v) is 3.03. The van der Waals surface area contributed by atoms with Gasteiger partial charge < -0.3 is 10.6 Å². The van der Waals surface area contributed by atoms with Crippen molar-refractivity contribution in [3.8, 4) is 0 Å². The highest BCUT2D eigenvalue weighted by Gasteiger charge is 2.31. The Kier molecular flexibility index (Phi) is 3.91. The zero-order valence-corrected chi connectivity index (χ0v) is 11.5. The fraction of sp³-hybridized carbons (Fsp3) is 0.600. The van der Waals surface area contributed by atoms with E-state index in [1.807, 2.05) is 13.0 Å². The van der Waals surface area contributed by atoms with Crippen LogP contribution >= 0.6 is 0 Å². The predicted molar refractivity (Wildman–Crippen MR) is 74.3 cm³/mol. The molecule has 1 heterocycles. The van der Waals surface area contributed by atoms with E-state index in [-0.39, 0.29) is 11.9 Å². The van der Waals surface area contributed by atoms with Crippen molar-refractivity contribution in [2.24, 2.45) is 5.73 Å². The summed E-state index contributed by atoms with van der Waals surface area (Å²) in [5, 5.41) is 0. The van der Waals surface area contributed by atoms with E-state index in [9.17, 15) is 4.39 Å². The van der Waals surface area contributed by atoms with Gasteiger partial charge in [-0.25, -0.2) is 4.39 Å². The molecule has 1 aliphatic heterocycles. The Balaban J connectivity index is 2.43. The monoisotopic (exact) mass is 250 g/mol. The summed E-state index contributed by atoms with van der Waals surface area (Å²) in [6.45, 7) is 6.37. The smallest absolute Gasteiger partial charge is 0.123 e. The van der Waals surface area contributed by atoms with Gasteiger partial charge in [0, 0.05) is 23.8 Å². The van der Waals surface area contributed by atoms with Crippen molar-refractivity contribution in [1.82, 2.24) is 0 Å². The standard InChI is InChI=1S/C15H23FN2/c1-4-13-7-5-10(2)18(13)15-8-6-12(16)9-14(15)11(3)17/h6,8-11,13H,4-5,7,17H2,1-3H3. The SMILES string of the molecule is CCC1CCC(C)N1c1ccc(F)cc1C(C)N. The molecule has 1 aliphatic rings. The van der Waals surface area contributed by atoms with Crippen LogP contribution in [0.5, 0.6) is 0 Å². The van der Waals surface area contributed by atoms with Crippen LogP contribution < -0.4 is 10.6 Å². The van der Waals surface area contributed by atoms with Crippen LogP contribution in [0.3, 0.4) is 0 Å². The van der Waals surface area contributed by atoms with E-state index in [2.05, 4.69) is 18.7 Å². The fourth-order valence-electron chi connectivity index (χ4n) is 3.03. The Morgan fingerprint density at radius 2 is 2.17 bits per heavy atom. The molecule has 0 saturated carbocycles. The van der Waals surface area contributed by atoms with E-state index in [1.165, 1.54) is 12.8 Å². The topological polar surface area (TPSA) is 29.3 Å². The minimum atomic E-state index is -0.203. The van der Waals surface area contributed by atoms with Crippen LogP contribution in [-0.2, 0) is 0 Å². The average Bonchev–Trinajstić information content (AvgIpc) is 2.70. The third-order valence-electron chi connectivity index (χ3n) is 4.02. The number of nitrogens with zero attached hydrogens (tertiary/aromatic N) is 1. The molecule has 3 atom stereocenters. The molecule has 3 heteroatoms. The van der Waals surface area contributed by atoms with E-state index in [0.717, 1.165) is 17.7 Å². The number of hydrogen-bond acceptors (Lipinski definition) is 2. The minimum Gasteiger partial charge on any atom is -0.366 e. The molecule has 1 fully saturated rings. The summed E-state index contributed by atoms with van der Waals surface area (Å²) in [7, 11) is 0. The van der Waals surface area contributed by atoms with Gasteiger partial charge in [-0.2, -0.15) is 0 Å². The van der Waals surface area contributed by atoms with Crippen LogP contribution in [0.4, 0.5) is 10.1 Å². The van der Waals surface area contributed by atoms with E-state index < -0.39 is 0 Å². The molecule has 1 aromatic carbocycles. The molecule has 3 unspecified atom stereocenters. The summed E-state index contributed by atoms with van der Waals surface area (Å²) in [6, 6.07) is 5.94. The highest BCUT2D eigenvalue weighted by molar-refractivity contribution is 5.57. The molecular weight excluding hydrogens is 227 g/mol. The Morgan fingerprint density at radius 3 is 2.78 bits per heavy atom. The van der Waals surface area contributed by atoms with Gasteiger partial charge in [-0.05, 0) is 56.9 Å². The Morgan fingerprint density at radius 1 is 1.44 bits per heavy atom. The predicted octanol–water partition coefficient (Wildman–Crippen LogP) is 3.61. The molecule has 100 valence electrons. The second-order valence-electron chi connectivity index (χ2n) is 5.39. The van der Waals surface area contributed by atoms with Crippen molar-refractivity contribution in [2.45, 2.75) is 58.2 Å². The van der Waals surface area contributed by atoms with Crippen LogP contribution in [0.15, 0.2) is 18.2 Å². The third-order valence-corrected chi connectivity index (χ3v) is 4.02. The van der Waals surface area contributed by atoms with E-state index in [0.29, 0.717) is 12.1 Å². The van der Waals surface area contributed by atoms with Crippen LogP contribution in [0.1, 0.15) is 51.6 Å². The number of nitrogens with two attached hydrogens (primary N) is 1. The quantitative estimate of drug-likeness (QED) is 0.888. The Hall–Kier alpha value is -1.09. The highest BCUT2D eigenvalue weighted by Crippen LogP contribution is 2.36. The normalized spacial score (nSPS) is 25.5. The zero-order chi connectivity index (χ0) is 13.3. The molecule has 1 aromatic rings. The van der Waals surface area contributed by atoms with Gasteiger partial charge in [0.1, 0.15) is 5.82 Å². The van der Waals surface area contributed by atoms with Crippen LogP contribution in [-0.4, -0.2) is 12.1 Å². The van der Waals surface area contributed by atoms with Gasteiger partial charge in [-0.1, -0.05) is 6.92 Å². The summed E-state index contributed by atoms with van der Waals surface area (Å²) in [5.41, 5.74) is 8.02. The van der Waals surface area contributed by atoms with Crippen molar-refractivity contribution < 1.29 is 4.39 Å². The van der Waals surface area contributed by atoms with Crippen molar-refractivity contribution >= 4 is 5.69 Å². The Labute approximate surface area is 109 Å². The van der Waals surface area contributed by atoms with Crippen molar-refractivity contribution in [3.05, 3.63) is 29.6 Å². The molecule has 2 rings (SSSR count). The minimum absolute atomic E-state index is 0.138. The lowest BCUT2D eigenvalue weighted by atomic mass is 10.0. The summed E-state index contributed by atoms with van der Waals surface area (Å²) in [5.74, 6) is -0.203. The maximum Gasteiger partial charge on any atom is 0.123 e. The molecule has 0 aliphatic carbocycles. The lowest BCUT2D eigenvalue weighted by molar-refractivity contribution is 0.607. The number of benzene rings is 1. The molecule has 0 bridgehead atoms. The zero-order valence-electron chi connectivity index (χ0n) is 11.5. The van der Waals surface area contributed by atoms with Gasteiger partial charge in [0.2, 0.25) is 0 Å². The van der Waals surface area contributed by atoms with Crippen molar-refractivity contribution in [2.75, 3.05) is 4.90 Å². The van der Waals surface area contributed by atoms with Gasteiger partial charge in [0.25, 0.3) is 0 Å². The lowest BCUT2D eigenvalue weighted by Gasteiger charge is -2.33. The largest absolute Gasteiger partial charge is 0.366 e. The first kappa shape index (κ1) is 13.3. The van der Waals surface area contributed by atoms with Gasteiger partial charge >= 0.3 is 0 Å². The van der Waals surface area contributed by atoms with Crippen LogP contribution in [0, 0.1) is 5.82 Å². The third kappa shape index (κ3) is 2.37. The lowest BCUT2D eigenvalue weighted by Crippen LogP contribution is -2.35. The molecule has 0 amide bonds. The van der Waals surface area contributed by atoms with Crippen LogP contribution in [0.2, 0.25) is 0 Å². The summed E-state index contributed by atoms with van der Waals surface area (Å²) in [4.78, 5) is 2.43. The second-order valence-corrected chi connectivity index (χ2v) is 5.39. The highest BCUT2D eigenvalue weighted by atomic mass is 19.1. The summed E-state index contributed by atoms with van der Waals surface area (Å²) in [6.07, 6.45) is 3.54. The van der Waals surface area contributed by atoms with Gasteiger partial charge in [0.15, 0.2) is 0 Å². The van der Waals surface area contributed by atoms with E-state index in [4.69, 9.17) is 5.73 Å². The first-order valence-corrected chi connectivity index (χ1v) is 6.88. The molecule has 0 aromatic heterocycles. The average molecular weight is 250 g/mol. The van der Waals surface area contributed by atoms with Crippen molar-refractivity contribution in [3.63, 3.8) is 0 Å². The second kappa shape index (κ2) is 5.27. The number of hydrogen-bond donors (Lipinski definition) is 1. The maximum absolute atomic E-state index is 13.4.